The summed E-state index contributed by atoms with van der Waals surface area (Å²) in [7, 11) is 0. The Hall–Kier alpha value is -0.400. The van der Waals surface area contributed by atoms with Crippen LogP contribution in [0.25, 0.3) is 0 Å². The van der Waals surface area contributed by atoms with Gasteiger partial charge >= 0.3 is 0 Å². The first kappa shape index (κ1) is 18.6. The fraction of sp³-hybridized carbons (Fsp3) is 0.545. The zero-order valence-corrected chi connectivity index (χ0v) is 12.5. The number of aliphatic hydroxyl groups is 1. The molecule has 2 heterocycles. The average molecular weight is 331 g/mol. The third-order valence-corrected chi connectivity index (χ3v) is 3.65. The van der Waals surface area contributed by atoms with Crippen LogP contribution in [0.4, 0.5) is 4.39 Å². The van der Waals surface area contributed by atoms with Crippen molar-refractivity contribution in [3.05, 3.63) is 22.4 Å². The Morgan fingerprint density at radius 3 is 2.74 bits per heavy atom. The van der Waals surface area contributed by atoms with Crippen LogP contribution in [0, 0.1) is 0 Å². The third-order valence-electron chi connectivity index (χ3n) is 2.95. The van der Waals surface area contributed by atoms with E-state index in [1.54, 1.807) is 11.4 Å². The van der Waals surface area contributed by atoms with Gasteiger partial charge in [0.25, 0.3) is 0 Å². The van der Waals surface area contributed by atoms with Gasteiger partial charge in [-0.1, -0.05) is 0 Å². The number of hydrogen-bond acceptors (Lipinski definition) is 4. The van der Waals surface area contributed by atoms with Gasteiger partial charge in [0.2, 0.25) is 5.91 Å². The fourth-order valence-corrected chi connectivity index (χ4v) is 2.60. The van der Waals surface area contributed by atoms with Gasteiger partial charge in [-0.2, -0.15) is 11.3 Å². The Balaban J connectivity index is 0.00000162. The Bertz CT molecular complexity index is 394. The van der Waals surface area contributed by atoms with Crippen LogP contribution in [0.1, 0.15) is 18.1 Å². The van der Waals surface area contributed by atoms with Crippen LogP contribution in [0.2, 0.25) is 0 Å². The van der Waals surface area contributed by atoms with E-state index in [1.165, 1.54) is 16.2 Å². The van der Waals surface area contributed by atoms with Crippen molar-refractivity contribution in [3.63, 3.8) is 0 Å². The summed E-state index contributed by atoms with van der Waals surface area (Å²) < 4.78 is 13.0. The number of rotatable bonds is 3. The van der Waals surface area contributed by atoms with Gasteiger partial charge in [-0.15, -0.1) is 24.8 Å². The van der Waals surface area contributed by atoms with Crippen LogP contribution in [0.5, 0.6) is 0 Å². The van der Waals surface area contributed by atoms with Gasteiger partial charge in [-0.25, -0.2) is 4.39 Å². The number of aliphatic hydroxyl groups excluding tert-OH is 1. The van der Waals surface area contributed by atoms with Crippen molar-refractivity contribution in [2.45, 2.75) is 24.7 Å². The van der Waals surface area contributed by atoms with E-state index in [-0.39, 0.29) is 37.3 Å². The number of alkyl halides is 1. The van der Waals surface area contributed by atoms with Gasteiger partial charge in [0.15, 0.2) is 0 Å². The lowest BCUT2D eigenvalue weighted by Crippen LogP contribution is -2.46. The van der Waals surface area contributed by atoms with Gasteiger partial charge in [-0.05, 0) is 28.8 Å². The summed E-state index contributed by atoms with van der Waals surface area (Å²) in [6, 6.07) is 0.708. The van der Waals surface area contributed by atoms with E-state index in [4.69, 9.17) is 5.73 Å². The third kappa shape index (κ3) is 4.29. The lowest BCUT2D eigenvalue weighted by molar-refractivity contribution is -0.134. The van der Waals surface area contributed by atoms with E-state index >= 15 is 0 Å². The molecule has 8 heteroatoms. The molecular formula is C11H17Cl2FN2O2S. The van der Waals surface area contributed by atoms with Gasteiger partial charge in [0, 0.05) is 6.54 Å². The molecule has 3 N–H and O–H groups in total. The maximum Gasteiger partial charge on any atom is 0.242 e. The molecule has 1 saturated heterocycles. The van der Waals surface area contributed by atoms with E-state index in [0.29, 0.717) is 18.5 Å². The number of carbonyl (C=O) groups is 1. The van der Waals surface area contributed by atoms with Gasteiger partial charge in [0.1, 0.15) is 18.3 Å². The molecule has 1 aromatic rings. The van der Waals surface area contributed by atoms with Crippen LogP contribution in [0.15, 0.2) is 16.8 Å². The number of amides is 1. The van der Waals surface area contributed by atoms with Gasteiger partial charge in [-0.3, -0.25) is 4.79 Å². The second-order valence-corrected chi connectivity index (χ2v) is 4.98. The molecule has 0 saturated carbocycles. The molecule has 0 aliphatic carbocycles. The number of halogens is 3. The molecule has 2 rings (SSSR count). The maximum atomic E-state index is 13.0. The van der Waals surface area contributed by atoms with E-state index in [9.17, 15) is 14.3 Å². The quantitative estimate of drug-likeness (QED) is 0.883. The highest BCUT2D eigenvalue weighted by Crippen LogP contribution is 2.21. The van der Waals surface area contributed by atoms with Crippen molar-refractivity contribution in [1.29, 1.82) is 0 Å². The van der Waals surface area contributed by atoms with Crippen molar-refractivity contribution < 1.29 is 14.3 Å². The van der Waals surface area contributed by atoms with Crippen LogP contribution in [-0.4, -0.2) is 41.2 Å². The highest BCUT2D eigenvalue weighted by Gasteiger charge is 2.32. The molecule has 1 aromatic heterocycles. The molecule has 3 atom stereocenters. The topological polar surface area (TPSA) is 66.6 Å². The summed E-state index contributed by atoms with van der Waals surface area (Å²) in [6.45, 7) is 0.465. The van der Waals surface area contributed by atoms with Crippen molar-refractivity contribution in [3.8, 4) is 0 Å². The molecule has 1 amide bonds. The average Bonchev–Trinajstić information content (AvgIpc) is 2.96. The molecule has 0 aromatic carbocycles. The number of hydrogen-bond donors (Lipinski definition) is 2. The maximum absolute atomic E-state index is 13.0. The highest BCUT2D eigenvalue weighted by molar-refractivity contribution is 7.07. The molecule has 1 fully saturated rings. The second kappa shape index (κ2) is 8.01. The first-order valence-corrected chi connectivity index (χ1v) is 6.42. The largest absolute Gasteiger partial charge is 0.386 e. The van der Waals surface area contributed by atoms with Crippen LogP contribution in [-0.2, 0) is 4.79 Å². The van der Waals surface area contributed by atoms with Crippen molar-refractivity contribution in [2.24, 2.45) is 5.73 Å². The molecule has 110 valence electrons. The summed E-state index contributed by atoms with van der Waals surface area (Å²) in [5, 5.41) is 13.5. The van der Waals surface area contributed by atoms with Crippen LogP contribution in [0.3, 0.4) is 0 Å². The SMILES string of the molecule is Cl.Cl.N[C@@H](C(=O)N1CC[C@H](F)C1)[C@@H](O)c1ccsc1. The standard InChI is InChI=1S/C11H15FN2O2S.2ClH/c12-8-1-3-14(5-8)11(16)9(13)10(15)7-2-4-17-6-7;;/h2,4,6,8-10,15H,1,3,5,13H2;2*1H/t8-,9+,10-;;/m0../s1. The van der Waals surface area contributed by atoms with E-state index in [1.807, 2.05) is 5.38 Å². The predicted molar refractivity (Wildman–Crippen MR) is 77.8 cm³/mol. The van der Waals surface area contributed by atoms with E-state index in [0.717, 1.165) is 0 Å². The minimum Gasteiger partial charge on any atom is -0.386 e. The minimum absolute atomic E-state index is 0. The summed E-state index contributed by atoms with van der Waals surface area (Å²) in [5.74, 6) is -0.385. The molecule has 1 aliphatic rings. The van der Waals surface area contributed by atoms with Crippen molar-refractivity contribution in [2.75, 3.05) is 13.1 Å². The van der Waals surface area contributed by atoms with Crippen LogP contribution >= 0.6 is 36.2 Å². The molecule has 0 radical (unpaired) electrons. The first-order chi connectivity index (χ1) is 8.09. The zero-order chi connectivity index (χ0) is 12.4. The summed E-state index contributed by atoms with van der Waals surface area (Å²) >= 11 is 1.43. The summed E-state index contributed by atoms with van der Waals surface area (Å²) in [5.41, 5.74) is 6.35. The second-order valence-electron chi connectivity index (χ2n) is 4.20. The molecule has 0 unspecified atom stereocenters. The normalized spacial score (nSPS) is 21.2. The summed E-state index contributed by atoms with van der Waals surface area (Å²) in [6.07, 6.45) is -1.63. The Morgan fingerprint density at radius 2 is 2.26 bits per heavy atom. The molecular weight excluding hydrogens is 314 g/mol. The van der Waals surface area contributed by atoms with E-state index in [2.05, 4.69) is 0 Å². The summed E-state index contributed by atoms with van der Waals surface area (Å²) in [4.78, 5) is 13.3. The molecule has 0 spiro atoms. The van der Waals surface area contributed by atoms with Crippen molar-refractivity contribution >= 4 is 42.1 Å². The minimum atomic E-state index is -1.02. The number of nitrogens with zero attached hydrogens (tertiary/aromatic N) is 1. The molecule has 19 heavy (non-hydrogen) atoms. The number of nitrogens with two attached hydrogens (primary N) is 1. The Morgan fingerprint density at radius 1 is 1.58 bits per heavy atom. The predicted octanol–water partition coefficient (Wildman–Crippen LogP) is 1.52. The zero-order valence-electron chi connectivity index (χ0n) is 10.1. The first-order valence-electron chi connectivity index (χ1n) is 5.48. The Labute approximate surface area is 127 Å². The molecule has 1 aliphatic heterocycles. The molecule has 0 bridgehead atoms. The van der Waals surface area contributed by atoms with Crippen molar-refractivity contribution in [1.82, 2.24) is 4.90 Å². The number of carbonyl (C=O) groups excluding carboxylic acids is 1. The monoisotopic (exact) mass is 330 g/mol. The van der Waals surface area contributed by atoms with Gasteiger partial charge < -0.3 is 15.7 Å². The number of likely N-dealkylation sites (tertiary alicyclic amines) is 1. The number of thiophene rings is 1. The smallest absolute Gasteiger partial charge is 0.242 e. The fourth-order valence-electron chi connectivity index (χ4n) is 1.91. The molecule has 4 nitrogen and oxygen atoms in total. The van der Waals surface area contributed by atoms with E-state index < -0.39 is 18.3 Å². The lowest BCUT2D eigenvalue weighted by Gasteiger charge is -2.23. The van der Waals surface area contributed by atoms with Gasteiger partial charge in [0.05, 0.1) is 6.54 Å². The Kier molecular flexibility index (Phi) is 7.85. The lowest BCUT2D eigenvalue weighted by atomic mass is 10.1. The highest BCUT2D eigenvalue weighted by atomic mass is 35.5. The van der Waals surface area contributed by atoms with Crippen LogP contribution < -0.4 is 5.73 Å².